The summed E-state index contributed by atoms with van der Waals surface area (Å²) in [5.41, 5.74) is 0.590. The lowest BCUT2D eigenvalue weighted by Crippen LogP contribution is -2.00. The molecular weight excluding hydrogens is 218 g/mol. The largest absolute Gasteiger partial charge is 0.481 e. The first-order valence-corrected chi connectivity index (χ1v) is 5.25. The van der Waals surface area contributed by atoms with E-state index in [-0.39, 0.29) is 13.2 Å². The van der Waals surface area contributed by atoms with Crippen molar-refractivity contribution in [1.29, 1.82) is 0 Å². The van der Waals surface area contributed by atoms with Gasteiger partial charge in [-0.1, -0.05) is 7.43 Å². The van der Waals surface area contributed by atoms with Crippen molar-refractivity contribution >= 4 is 12.1 Å². The first-order valence-electron chi connectivity index (χ1n) is 5.25. The zero-order valence-corrected chi connectivity index (χ0v) is 9.31. The maximum atomic E-state index is 11.6. The highest BCUT2D eigenvalue weighted by atomic mass is 16.5. The molecule has 0 aromatic carbocycles. The van der Waals surface area contributed by atoms with Gasteiger partial charge in [0.2, 0.25) is 5.88 Å². The molecule has 0 saturated heterocycles. The molecule has 1 aromatic heterocycles. The molecule has 0 fully saturated rings. The van der Waals surface area contributed by atoms with Gasteiger partial charge in [0.25, 0.3) is 0 Å². The number of aldehydes is 1. The van der Waals surface area contributed by atoms with E-state index in [0.29, 0.717) is 24.3 Å². The summed E-state index contributed by atoms with van der Waals surface area (Å²) >= 11 is 0. The van der Waals surface area contributed by atoms with Crippen LogP contribution in [0.15, 0.2) is 18.3 Å². The lowest BCUT2D eigenvalue weighted by molar-refractivity contribution is -0.107. The van der Waals surface area contributed by atoms with Crippen LogP contribution in [0.25, 0.3) is 0 Å². The highest BCUT2D eigenvalue weighted by Gasteiger charge is 2.05. The third-order valence-electron chi connectivity index (χ3n) is 2.24. The van der Waals surface area contributed by atoms with Crippen molar-refractivity contribution in [3.05, 3.63) is 23.9 Å². The van der Waals surface area contributed by atoms with Crippen LogP contribution in [0.2, 0.25) is 0 Å². The van der Waals surface area contributed by atoms with E-state index in [2.05, 4.69) is 4.98 Å². The summed E-state index contributed by atoms with van der Waals surface area (Å²) in [5.74, 6) is 0.554. The lowest BCUT2D eigenvalue weighted by atomic mass is 10.1. The van der Waals surface area contributed by atoms with E-state index >= 15 is 0 Å². The number of hydrogen-bond acceptors (Lipinski definition) is 4. The summed E-state index contributed by atoms with van der Waals surface area (Å²) in [6.45, 7) is 0. The number of Topliss-reactive ketones (excluding diaryl/α,β-unsaturated/α-hetero) is 1. The number of aromatic nitrogens is 1. The van der Waals surface area contributed by atoms with Crippen LogP contribution in [-0.4, -0.2) is 24.2 Å². The van der Waals surface area contributed by atoms with E-state index < -0.39 is 0 Å². The Kier molecular flexibility index (Phi) is 7.59. The molecule has 1 rings (SSSR count). The minimum Gasteiger partial charge on any atom is -0.481 e. The molecule has 0 aliphatic carbocycles. The zero-order valence-electron chi connectivity index (χ0n) is 9.31. The Labute approximate surface area is 102 Å². The second-order valence-electron chi connectivity index (χ2n) is 3.42. The Morgan fingerprint density at radius 3 is 2.71 bits per heavy atom. The van der Waals surface area contributed by atoms with Gasteiger partial charge in [0, 0.05) is 30.7 Å². The van der Waals surface area contributed by atoms with E-state index in [4.69, 9.17) is 4.74 Å². The van der Waals surface area contributed by atoms with Gasteiger partial charge < -0.3 is 9.53 Å². The Morgan fingerprint density at radius 2 is 2.18 bits per heavy atom. The Balaban J connectivity index is 0.00000256. The molecule has 0 N–H and O–H groups in total. The second-order valence-corrected chi connectivity index (χ2v) is 3.42. The third kappa shape index (κ3) is 5.24. The van der Waals surface area contributed by atoms with Crippen molar-refractivity contribution in [3.63, 3.8) is 0 Å². The standard InChI is InChI=1S/C12H15NO3.CH4/c1-16-12-7-6-10(9-13-12)11(15)5-3-2-4-8-14;/h6-9H,2-5H2,1H3;1H4. The number of pyridine rings is 1. The van der Waals surface area contributed by atoms with Crippen LogP contribution in [0.1, 0.15) is 43.5 Å². The number of unbranched alkanes of at least 4 members (excludes halogenated alkanes) is 2. The van der Waals surface area contributed by atoms with E-state index in [1.807, 2.05) is 0 Å². The number of nitrogens with zero attached hydrogens (tertiary/aromatic N) is 1. The molecular formula is C13H19NO3. The number of carbonyl (C=O) groups excluding carboxylic acids is 2. The average Bonchev–Trinajstić information content (AvgIpc) is 2.34. The molecule has 0 saturated carbocycles. The topological polar surface area (TPSA) is 56.3 Å². The quantitative estimate of drug-likeness (QED) is 0.415. The lowest BCUT2D eigenvalue weighted by Gasteiger charge is -2.01. The Bertz CT molecular complexity index is 346. The summed E-state index contributed by atoms with van der Waals surface area (Å²) in [7, 11) is 1.53. The van der Waals surface area contributed by atoms with Gasteiger partial charge in [0.15, 0.2) is 5.78 Å². The fraction of sp³-hybridized carbons (Fsp3) is 0.462. The summed E-state index contributed by atoms with van der Waals surface area (Å²) in [4.78, 5) is 25.7. The third-order valence-corrected chi connectivity index (χ3v) is 2.24. The number of carbonyl (C=O) groups is 2. The molecule has 0 spiro atoms. The van der Waals surface area contributed by atoms with Crippen molar-refractivity contribution in [1.82, 2.24) is 4.98 Å². The number of methoxy groups -OCH3 is 1. The average molecular weight is 237 g/mol. The van der Waals surface area contributed by atoms with Crippen LogP contribution in [0.5, 0.6) is 5.88 Å². The maximum absolute atomic E-state index is 11.6. The molecule has 0 atom stereocenters. The van der Waals surface area contributed by atoms with Gasteiger partial charge in [0.1, 0.15) is 6.29 Å². The van der Waals surface area contributed by atoms with E-state index in [9.17, 15) is 9.59 Å². The first-order chi connectivity index (χ1) is 7.77. The highest BCUT2D eigenvalue weighted by molar-refractivity contribution is 5.95. The highest BCUT2D eigenvalue weighted by Crippen LogP contribution is 2.10. The van der Waals surface area contributed by atoms with Gasteiger partial charge in [-0.05, 0) is 18.9 Å². The van der Waals surface area contributed by atoms with Crippen LogP contribution < -0.4 is 4.74 Å². The normalized spacial score (nSPS) is 9.24. The summed E-state index contributed by atoms with van der Waals surface area (Å²) < 4.78 is 4.90. The minimum atomic E-state index is 0. The summed E-state index contributed by atoms with van der Waals surface area (Å²) in [5, 5.41) is 0. The van der Waals surface area contributed by atoms with Crippen molar-refractivity contribution in [2.24, 2.45) is 0 Å². The van der Waals surface area contributed by atoms with E-state index in [1.165, 1.54) is 13.3 Å². The van der Waals surface area contributed by atoms with Gasteiger partial charge in [-0.25, -0.2) is 4.98 Å². The monoisotopic (exact) mass is 237 g/mol. The number of hydrogen-bond donors (Lipinski definition) is 0. The van der Waals surface area contributed by atoms with Gasteiger partial charge in [-0.3, -0.25) is 4.79 Å². The molecule has 1 heterocycles. The van der Waals surface area contributed by atoms with Crippen LogP contribution in [-0.2, 0) is 4.79 Å². The first kappa shape index (κ1) is 15.3. The molecule has 1 aromatic rings. The molecule has 0 aliphatic heterocycles. The van der Waals surface area contributed by atoms with Crippen LogP contribution in [0.3, 0.4) is 0 Å². The van der Waals surface area contributed by atoms with Gasteiger partial charge in [-0.15, -0.1) is 0 Å². The van der Waals surface area contributed by atoms with Gasteiger partial charge >= 0.3 is 0 Å². The van der Waals surface area contributed by atoms with Gasteiger partial charge in [0.05, 0.1) is 7.11 Å². The maximum Gasteiger partial charge on any atom is 0.212 e. The molecule has 94 valence electrons. The van der Waals surface area contributed by atoms with Crippen LogP contribution in [0.4, 0.5) is 0 Å². The number of ether oxygens (including phenoxy) is 1. The van der Waals surface area contributed by atoms with Gasteiger partial charge in [-0.2, -0.15) is 0 Å². The SMILES string of the molecule is C.COc1ccc(C(=O)CCCCC=O)cn1. The molecule has 0 unspecified atom stereocenters. The molecule has 0 aliphatic rings. The van der Waals surface area contributed by atoms with E-state index in [0.717, 1.165) is 19.1 Å². The molecule has 0 bridgehead atoms. The van der Waals surface area contributed by atoms with Crippen LogP contribution in [0, 0.1) is 0 Å². The Morgan fingerprint density at radius 1 is 1.41 bits per heavy atom. The molecule has 17 heavy (non-hydrogen) atoms. The van der Waals surface area contributed by atoms with Crippen molar-refractivity contribution < 1.29 is 14.3 Å². The molecule has 0 amide bonds. The predicted molar refractivity (Wildman–Crippen MR) is 66.4 cm³/mol. The van der Waals surface area contributed by atoms with E-state index in [1.54, 1.807) is 12.1 Å². The number of rotatable bonds is 7. The molecule has 4 heteroatoms. The van der Waals surface area contributed by atoms with Crippen molar-refractivity contribution in [2.75, 3.05) is 7.11 Å². The second kappa shape index (κ2) is 8.44. The predicted octanol–water partition coefficient (Wildman–Crippen LogP) is 2.67. The smallest absolute Gasteiger partial charge is 0.212 e. The summed E-state index contributed by atoms with van der Waals surface area (Å²) in [6.07, 6.45) is 4.87. The molecule has 4 nitrogen and oxygen atoms in total. The summed E-state index contributed by atoms with van der Waals surface area (Å²) in [6, 6.07) is 3.37. The molecule has 0 radical (unpaired) electrons. The van der Waals surface area contributed by atoms with Crippen LogP contribution >= 0.6 is 0 Å². The van der Waals surface area contributed by atoms with Crippen molar-refractivity contribution in [3.8, 4) is 5.88 Å². The zero-order chi connectivity index (χ0) is 11.8. The van der Waals surface area contributed by atoms with Crippen molar-refractivity contribution in [2.45, 2.75) is 33.1 Å². The minimum absolute atomic E-state index is 0. The Hall–Kier alpha value is -1.71. The fourth-order valence-corrected chi connectivity index (χ4v) is 1.32. The number of ketones is 1. The fourth-order valence-electron chi connectivity index (χ4n) is 1.32.